The van der Waals surface area contributed by atoms with Gasteiger partial charge in [-0.2, -0.15) is 0 Å². The van der Waals surface area contributed by atoms with Crippen LogP contribution in [0.15, 0.2) is 36.7 Å². The van der Waals surface area contributed by atoms with Gasteiger partial charge in [0.2, 0.25) is 5.91 Å². The molecule has 0 bridgehead atoms. The molecule has 2 aromatic rings. The van der Waals surface area contributed by atoms with Crippen molar-refractivity contribution in [2.45, 2.75) is 25.2 Å². The monoisotopic (exact) mass is 409 g/mol. The number of carbonyl (C=O) groups is 2. The van der Waals surface area contributed by atoms with Crippen LogP contribution in [-0.2, 0) is 20.8 Å². The van der Waals surface area contributed by atoms with Crippen molar-refractivity contribution >= 4 is 23.3 Å². The molecule has 3 aliphatic rings. The molecule has 0 saturated carbocycles. The fourth-order valence-corrected chi connectivity index (χ4v) is 4.15. The van der Waals surface area contributed by atoms with Gasteiger partial charge in [-0.1, -0.05) is 6.07 Å². The molecule has 2 aromatic heterocycles. The van der Waals surface area contributed by atoms with E-state index in [9.17, 15) is 9.59 Å². The Bertz CT molecular complexity index is 951. The maximum absolute atomic E-state index is 13.1. The van der Waals surface area contributed by atoms with Crippen LogP contribution in [0.1, 0.15) is 28.9 Å². The summed E-state index contributed by atoms with van der Waals surface area (Å²) >= 11 is 0. The van der Waals surface area contributed by atoms with E-state index in [1.807, 2.05) is 18.2 Å². The predicted octanol–water partition coefficient (Wildman–Crippen LogP) is 1.41. The standard InChI is InChI=1S/C21H23N5O4/c27-18-13-24-19-17(26(18)14-16-3-1-2-6-22-16)11-15(12-23-19)20(28)25-7-4-21(5-8-25)29-9-10-30-21/h1-3,6,11-12H,4-5,7-10,13-14H2,(H,23,24). The molecular formula is C21H23N5O4. The lowest BCUT2D eigenvalue weighted by Gasteiger charge is -2.37. The van der Waals surface area contributed by atoms with Crippen LogP contribution in [0.4, 0.5) is 11.5 Å². The zero-order chi connectivity index (χ0) is 20.6. The number of hydrogen-bond donors (Lipinski definition) is 1. The van der Waals surface area contributed by atoms with Crippen molar-refractivity contribution in [1.29, 1.82) is 0 Å². The Balaban J connectivity index is 1.36. The molecule has 1 N–H and O–H groups in total. The van der Waals surface area contributed by atoms with Crippen LogP contribution >= 0.6 is 0 Å². The minimum atomic E-state index is -0.527. The largest absolute Gasteiger partial charge is 0.359 e. The molecule has 9 nitrogen and oxygen atoms in total. The van der Waals surface area contributed by atoms with Gasteiger partial charge in [-0.3, -0.25) is 14.6 Å². The number of piperidine rings is 1. The highest BCUT2D eigenvalue weighted by molar-refractivity contribution is 6.04. The Labute approximate surface area is 174 Å². The molecule has 2 saturated heterocycles. The number of rotatable bonds is 3. The molecular weight excluding hydrogens is 386 g/mol. The van der Waals surface area contributed by atoms with Crippen LogP contribution in [0.2, 0.25) is 0 Å². The van der Waals surface area contributed by atoms with Gasteiger partial charge >= 0.3 is 0 Å². The molecule has 0 aliphatic carbocycles. The van der Waals surface area contributed by atoms with Gasteiger partial charge in [0, 0.05) is 38.3 Å². The van der Waals surface area contributed by atoms with Crippen molar-refractivity contribution in [3.8, 4) is 0 Å². The van der Waals surface area contributed by atoms with Crippen LogP contribution in [0.5, 0.6) is 0 Å². The Morgan fingerprint density at radius 3 is 2.70 bits per heavy atom. The number of carbonyl (C=O) groups excluding carboxylic acids is 2. The van der Waals surface area contributed by atoms with Crippen molar-refractivity contribution < 1.29 is 19.1 Å². The van der Waals surface area contributed by atoms with E-state index in [0.29, 0.717) is 62.8 Å². The van der Waals surface area contributed by atoms with E-state index in [4.69, 9.17) is 9.47 Å². The van der Waals surface area contributed by atoms with Crippen LogP contribution in [0.25, 0.3) is 0 Å². The first-order valence-corrected chi connectivity index (χ1v) is 10.1. The quantitative estimate of drug-likeness (QED) is 0.819. The Kier molecular flexibility index (Phi) is 4.84. The molecule has 3 aliphatic heterocycles. The number of hydrogen-bond acceptors (Lipinski definition) is 7. The number of amides is 2. The van der Waals surface area contributed by atoms with Gasteiger partial charge in [-0.05, 0) is 18.2 Å². The van der Waals surface area contributed by atoms with Gasteiger partial charge in [-0.15, -0.1) is 0 Å². The van der Waals surface area contributed by atoms with Crippen LogP contribution in [0, 0.1) is 0 Å². The molecule has 5 heterocycles. The Morgan fingerprint density at radius 1 is 1.17 bits per heavy atom. The summed E-state index contributed by atoms with van der Waals surface area (Å²) < 4.78 is 11.5. The summed E-state index contributed by atoms with van der Waals surface area (Å²) in [6, 6.07) is 7.33. The Morgan fingerprint density at radius 2 is 1.97 bits per heavy atom. The van der Waals surface area contributed by atoms with Crippen molar-refractivity contribution in [2.75, 3.05) is 43.1 Å². The third-order valence-corrected chi connectivity index (χ3v) is 5.79. The summed E-state index contributed by atoms with van der Waals surface area (Å²) in [4.78, 5) is 37.8. The molecule has 0 aromatic carbocycles. The number of aromatic nitrogens is 2. The molecule has 0 atom stereocenters. The lowest BCUT2D eigenvalue weighted by atomic mass is 10.0. The van der Waals surface area contributed by atoms with E-state index in [2.05, 4.69) is 15.3 Å². The fourth-order valence-electron chi connectivity index (χ4n) is 4.15. The van der Waals surface area contributed by atoms with E-state index >= 15 is 0 Å². The molecule has 1 spiro atoms. The summed E-state index contributed by atoms with van der Waals surface area (Å²) in [6.07, 6.45) is 4.57. The molecule has 30 heavy (non-hydrogen) atoms. The average molecular weight is 409 g/mol. The van der Waals surface area contributed by atoms with E-state index in [1.54, 1.807) is 28.3 Å². The van der Waals surface area contributed by atoms with Crippen LogP contribution in [-0.4, -0.2) is 65.3 Å². The topological polar surface area (TPSA) is 96.9 Å². The first-order chi connectivity index (χ1) is 14.6. The molecule has 156 valence electrons. The smallest absolute Gasteiger partial charge is 0.255 e. The highest BCUT2D eigenvalue weighted by Gasteiger charge is 2.41. The number of nitrogens with one attached hydrogen (secondary N) is 1. The summed E-state index contributed by atoms with van der Waals surface area (Å²) in [5.41, 5.74) is 1.83. The van der Waals surface area contributed by atoms with Crippen molar-refractivity contribution in [1.82, 2.24) is 14.9 Å². The first-order valence-electron chi connectivity index (χ1n) is 10.1. The third kappa shape index (κ3) is 3.50. The highest BCUT2D eigenvalue weighted by atomic mass is 16.7. The van der Waals surface area contributed by atoms with Gasteiger partial charge in [0.1, 0.15) is 0 Å². The number of fused-ring (bicyclic) bond motifs is 1. The van der Waals surface area contributed by atoms with Crippen molar-refractivity contribution in [3.05, 3.63) is 47.9 Å². The molecule has 9 heteroatoms. The normalized spacial score (nSPS) is 20.2. The number of anilines is 2. The van der Waals surface area contributed by atoms with Gasteiger partial charge in [0.05, 0.1) is 43.2 Å². The molecule has 2 amide bonds. The number of likely N-dealkylation sites (tertiary alicyclic amines) is 1. The van der Waals surface area contributed by atoms with Gasteiger partial charge in [0.15, 0.2) is 11.6 Å². The first kappa shape index (κ1) is 19.0. The minimum absolute atomic E-state index is 0.0880. The van der Waals surface area contributed by atoms with E-state index in [-0.39, 0.29) is 18.4 Å². The summed E-state index contributed by atoms with van der Waals surface area (Å²) in [5.74, 6) is -0.128. The van der Waals surface area contributed by atoms with Crippen LogP contribution in [0.3, 0.4) is 0 Å². The van der Waals surface area contributed by atoms with Gasteiger partial charge in [0.25, 0.3) is 5.91 Å². The molecule has 5 rings (SSSR count). The second-order valence-electron chi connectivity index (χ2n) is 7.65. The SMILES string of the molecule is O=C(c1cnc2c(c1)N(Cc1ccccn1)C(=O)CN2)N1CCC2(CC1)OCCO2. The number of ether oxygens (including phenoxy) is 2. The van der Waals surface area contributed by atoms with Gasteiger partial charge in [-0.25, -0.2) is 4.98 Å². The third-order valence-electron chi connectivity index (χ3n) is 5.79. The average Bonchev–Trinajstić information content (AvgIpc) is 3.24. The highest BCUT2D eigenvalue weighted by Crippen LogP contribution is 2.33. The minimum Gasteiger partial charge on any atom is -0.359 e. The summed E-state index contributed by atoms with van der Waals surface area (Å²) in [7, 11) is 0. The van der Waals surface area contributed by atoms with E-state index in [1.165, 1.54) is 0 Å². The molecule has 2 fully saturated rings. The van der Waals surface area contributed by atoms with Crippen molar-refractivity contribution in [2.24, 2.45) is 0 Å². The maximum atomic E-state index is 13.1. The second kappa shape index (κ2) is 7.66. The predicted molar refractivity (Wildman–Crippen MR) is 108 cm³/mol. The van der Waals surface area contributed by atoms with Crippen molar-refractivity contribution in [3.63, 3.8) is 0 Å². The Hall–Kier alpha value is -3.04. The summed E-state index contributed by atoms with van der Waals surface area (Å²) in [6.45, 7) is 2.82. The fraction of sp³-hybridized carbons (Fsp3) is 0.429. The summed E-state index contributed by atoms with van der Waals surface area (Å²) in [5, 5.41) is 3.03. The van der Waals surface area contributed by atoms with Gasteiger partial charge < -0.3 is 24.6 Å². The number of nitrogens with zero attached hydrogens (tertiary/aromatic N) is 4. The number of pyridine rings is 2. The zero-order valence-electron chi connectivity index (χ0n) is 16.5. The van der Waals surface area contributed by atoms with E-state index < -0.39 is 5.79 Å². The second-order valence-corrected chi connectivity index (χ2v) is 7.65. The molecule has 0 unspecified atom stereocenters. The zero-order valence-corrected chi connectivity index (χ0v) is 16.5. The maximum Gasteiger partial charge on any atom is 0.255 e. The van der Waals surface area contributed by atoms with Crippen LogP contribution < -0.4 is 10.2 Å². The molecule has 0 radical (unpaired) electrons. The lowest BCUT2D eigenvalue weighted by Crippen LogP contribution is -2.47. The lowest BCUT2D eigenvalue weighted by molar-refractivity contribution is -0.181. The van der Waals surface area contributed by atoms with E-state index in [0.717, 1.165) is 5.69 Å².